The molecule has 0 aliphatic carbocycles. The number of carboxylic acid groups (broad SMARTS) is 1. The van der Waals surface area contributed by atoms with Crippen LogP contribution in [0.5, 0.6) is 0 Å². The molecule has 4 N–H and O–H groups in total. The van der Waals surface area contributed by atoms with E-state index < -0.39 is 45.1 Å². The van der Waals surface area contributed by atoms with Crippen molar-refractivity contribution in [2.45, 2.75) is 193 Å². The van der Waals surface area contributed by atoms with Crippen molar-refractivity contribution in [3.8, 4) is 0 Å². The second-order valence-electron chi connectivity index (χ2n) is 14.5. The number of ether oxygens (including phenoxy) is 2. The molecule has 0 aromatic carbocycles. The highest BCUT2D eigenvalue weighted by atomic mass is 31.2. The summed E-state index contributed by atoms with van der Waals surface area (Å²) in [6.07, 6.45) is 45.9. The van der Waals surface area contributed by atoms with E-state index in [4.69, 9.17) is 29.4 Å². The number of nitrogens with two attached hydrogens (primary N) is 1. The summed E-state index contributed by atoms with van der Waals surface area (Å²) in [4.78, 5) is 33.5. The molecule has 0 aliphatic heterocycles. The molecule has 3 unspecified atom stereocenters. The van der Waals surface area contributed by atoms with Gasteiger partial charge in [-0.25, -0.2) is 4.57 Å². The number of carboxylic acids is 1. The fraction of sp³-hybridized carbons (Fsp3) is 0.773. The third-order valence-corrected chi connectivity index (χ3v) is 10.0. The molecule has 0 radical (unpaired) electrons. The molecule has 55 heavy (non-hydrogen) atoms. The number of carbonyl (C=O) groups excluding carboxylic acids is 1. The molecular formula is C44H80NO9P. The highest BCUT2D eigenvalue weighted by Crippen LogP contribution is 2.43. The molecular weight excluding hydrogens is 717 g/mol. The molecule has 0 saturated heterocycles. The van der Waals surface area contributed by atoms with Crippen molar-refractivity contribution in [1.82, 2.24) is 0 Å². The zero-order valence-corrected chi connectivity index (χ0v) is 35.7. The Balaban J connectivity index is 4.25. The highest BCUT2D eigenvalue weighted by Gasteiger charge is 2.27. The summed E-state index contributed by atoms with van der Waals surface area (Å²) in [5, 5.41) is 8.89. The van der Waals surface area contributed by atoms with E-state index >= 15 is 0 Å². The number of allylic oxidation sites excluding steroid dienone is 8. The van der Waals surface area contributed by atoms with Crippen LogP contribution in [0, 0.1) is 0 Å². The van der Waals surface area contributed by atoms with Crippen LogP contribution in [-0.2, 0) is 32.7 Å². The Labute approximate surface area is 335 Å². The van der Waals surface area contributed by atoms with Gasteiger partial charge >= 0.3 is 19.8 Å². The van der Waals surface area contributed by atoms with E-state index in [1.807, 2.05) is 0 Å². The van der Waals surface area contributed by atoms with Gasteiger partial charge in [-0.05, 0) is 77.0 Å². The quantitative estimate of drug-likeness (QED) is 0.0236. The summed E-state index contributed by atoms with van der Waals surface area (Å²) < 4.78 is 33.3. The molecule has 0 amide bonds. The minimum Gasteiger partial charge on any atom is -0.480 e. The van der Waals surface area contributed by atoms with Gasteiger partial charge in [0.15, 0.2) is 0 Å². The largest absolute Gasteiger partial charge is 0.480 e. The second-order valence-corrected chi connectivity index (χ2v) is 15.9. The van der Waals surface area contributed by atoms with E-state index in [0.717, 1.165) is 77.0 Å². The maximum Gasteiger partial charge on any atom is 0.472 e. The van der Waals surface area contributed by atoms with Crippen LogP contribution < -0.4 is 5.73 Å². The van der Waals surface area contributed by atoms with Crippen molar-refractivity contribution >= 4 is 19.8 Å². The van der Waals surface area contributed by atoms with Crippen molar-refractivity contribution in [2.75, 3.05) is 26.4 Å². The van der Waals surface area contributed by atoms with E-state index in [2.05, 4.69) is 62.5 Å². The first-order chi connectivity index (χ1) is 26.7. The first-order valence-electron chi connectivity index (χ1n) is 21.7. The van der Waals surface area contributed by atoms with Gasteiger partial charge in [0.05, 0.1) is 19.8 Å². The maximum atomic E-state index is 12.6. The topological polar surface area (TPSA) is 155 Å². The number of aliphatic carboxylic acids is 1. The van der Waals surface area contributed by atoms with Crippen molar-refractivity contribution in [1.29, 1.82) is 0 Å². The monoisotopic (exact) mass is 798 g/mol. The first kappa shape index (κ1) is 52.9. The van der Waals surface area contributed by atoms with E-state index in [0.29, 0.717) is 13.0 Å². The number of rotatable bonds is 41. The fourth-order valence-electron chi connectivity index (χ4n) is 5.66. The van der Waals surface area contributed by atoms with E-state index in [1.54, 1.807) is 0 Å². The molecule has 0 aliphatic rings. The molecule has 3 atom stereocenters. The maximum absolute atomic E-state index is 12.6. The average Bonchev–Trinajstić information content (AvgIpc) is 3.16. The first-order valence-corrected chi connectivity index (χ1v) is 23.2. The summed E-state index contributed by atoms with van der Waals surface area (Å²) in [6, 6.07) is -1.48. The zero-order valence-electron chi connectivity index (χ0n) is 34.8. The van der Waals surface area contributed by atoms with Gasteiger partial charge in [-0.15, -0.1) is 0 Å². The fourth-order valence-corrected chi connectivity index (χ4v) is 6.44. The Morgan fingerprint density at radius 1 is 0.582 bits per heavy atom. The van der Waals surface area contributed by atoms with E-state index in [9.17, 15) is 19.0 Å². The Kier molecular flexibility index (Phi) is 38.6. The van der Waals surface area contributed by atoms with Crippen molar-refractivity contribution in [2.24, 2.45) is 5.73 Å². The van der Waals surface area contributed by atoms with Crippen LogP contribution in [0.2, 0.25) is 0 Å². The number of hydrogen-bond acceptors (Lipinski definition) is 8. The Hall–Kier alpha value is -2.07. The van der Waals surface area contributed by atoms with Gasteiger partial charge in [0.25, 0.3) is 0 Å². The minimum absolute atomic E-state index is 0.00594. The van der Waals surface area contributed by atoms with Crippen LogP contribution in [0.15, 0.2) is 48.6 Å². The molecule has 0 saturated carbocycles. The van der Waals surface area contributed by atoms with E-state index in [1.165, 1.54) is 77.0 Å². The lowest BCUT2D eigenvalue weighted by Gasteiger charge is -2.20. The van der Waals surface area contributed by atoms with Crippen molar-refractivity contribution in [3.05, 3.63) is 48.6 Å². The molecule has 11 heteroatoms. The molecule has 0 heterocycles. The lowest BCUT2D eigenvalue weighted by Crippen LogP contribution is -2.34. The van der Waals surface area contributed by atoms with Gasteiger partial charge < -0.3 is 25.2 Å². The van der Waals surface area contributed by atoms with Gasteiger partial charge in [0.1, 0.15) is 12.1 Å². The van der Waals surface area contributed by atoms with Crippen molar-refractivity contribution in [3.63, 3.8) is 0 Å². The Morgan fingerprint density at radius 2 is 1.00 bits per heavy atom. The third-order valence-electron chi connectivity index (χ3n) is 9.08. The average molecular weight is 798 g/mol. The second kappa shape index (κ2) is 40.1. The Morgan fingerprint density at radius 3 is 1.55 bits per heavy atom. The van der Waals surface area contributed by atoms with Gasteiger partial charge in [0, 0.05) is 13.0 Å². The number of esters is 1. The molecule has 320 valence electrons. The normalized spacial score (nSPS) is 14.4. The van der Waals surface area contributed by atoms with Crippen LogP contribution in [-0.4, -0.2) is 60.5 Å². The highest BCUT2D eigenvalue weighted by molar-refractivity contribution is 7.47. The molecule has 0 bridgehead atoms. The molecule has 0 rings (SSSR count). The molecule has 0 fully saturated rings. The summed E-state index contributed by atoms with van der Waals surface area (Å²) in [7, 11) is -4.62. The van der Waals surface area contributed by atoms with Crippen LogP contribution in [0.1, 0.15) is 181 Å². The third kappa shape index (κ3) is 39.9. The zero-order chi connectivity index (χ0) is 40.5. The van der Waals surface area contributed by atoms with Gasteiger partial charge in [-0.3, -0.25) is 18.6 Å². The molecule has 0 aromatic rings. The smallest absolute Gasteiger partial charge is 0.472 e. The van der Waals surface area contributed by atoms with Gasteiger partial charge in [-0.1, -0.05) is 146 Å². The number of carbonyl (C=O) groups is 2. The predicted molar refractivity (Wildman–Crippen MR) is 226 cm³/mol. The van der Waals surface area contributed by atoms with Crippen LogP contribution in [0.25, 0.3) is 0 Å². The van der Waals surface area contributed by atoms with Crippen LogP contribution >= 0.6 is 7.82 Å². The summed E-state index contributed by atoms with van der Waals surface area (Å²) >= 11 is 0. The number of hydrogen-bond donors (Lipinski definition) is 3. The van der Waals surface area contributed by atoms with E-state index in [-0.39, 0.29) is 13.0 Å². The molecule has 0 spiro atoms. The summed E-state index contributed by atoms with van der Waals surface area (Å²) in [6.45, 7) is 3.80. The number of phosphoric acid groups is 1. The van der Waals surface area contributed by atoms with Crippen LogP contribution in [0.4, 0.5) is 0 Å². The standard InChI is InChI=1S/C44H80NO9P/c1-3-5-7-9-11-13-15-17-18-19-20-21-22-23-25-27-29-31-33-35-37-51-38-41(39-52-55(49,50)53-40-42(45)44(47)48)54-43(46)36-34-32-30-28-26-24-16-14-12-10-8-6-4-2/h11,13-14,16-18,20-21,41-42H,3-10,12,15,19,22-40,45H2,1-2H3,(H,47,48)(H,49,50)/b13-11-,16-14-,18-17-,21-20-. The SMILES string of the molecule is CCCCC/C=C\C/C=C\C/C=C\CCCCCCCCCOCC(COP(=O)(O)OCC(N)C(=O)O)OC(=O)CCCCCCC/C=C\CCCCCC. The minimum atomic E-state index is -4.62. The predicted octanol–water partition coefficient (Wildman–Crippen LogP) is 11.9. The number of unbranched alkanes of at least 4 members (excludes halogenated alkanes) is 19. The number of phosphoric ester groups is 1. The lowest BCUT2D eigenvalue weighted by molar-refractivity contribution is -0.154. The molecule has 10 nitrogen and oxygen atoms in total. The van der Waals surface area contributed by atoms with Crippen molar-refractivity contribution < 1.29 is 42.7 Å². The lowest BCUT2D eigenvalue weighted by atomic mass is 10.1. The molecule has 0 aromatic heterocycles. The summed E-state index contributed by atoms with van der Waals surface area (Å²) in [5.74, 6) is -1.79. The van der Waals surface area contributed by atoms with Gasteiger partial charge in [0.2, 0.25) is 0 Å². The van der Waals surface area contributed by atoms with Gasteiger partial charge in [-0.2, -0.15) is 0 Å². The Bertz CT molecular complexity index is 1060. The summed E-state index contributed by atoms with van der Waals surface area (Å²) in [5.41, 5.74) is 5.35. The van der Waals surface area contributed by atoms with Crippen LogP contribution in [0.3, 0.4) is 0 Å².